The summed E-state index contributed by atoms with van der Waals surface area (Å²) in [5, 5.41) is 6.66. The number of hydrogen-bond donors (Lipinski definition) is 1. The lowest BCUT2D eigenvalue weighted by Crippen LogP contribution is -2.32. The number of halogens is 6. The molecule has 2 aromatic carbocycles. The summed E-state index contributed by atoms with van der Waals surface area (Å²) in [6, 6.07) is 4.69. The second-order valence-corrected chi connectivity index (χ2v) is 9.03. The predicted octanol–water partition coefficient (Wildman–Crippen LogP) is 4.35. The number of sulfonamides is 1. The quantitative estimate of drug-likeness (QED) is 0.496. The van der Waals surface area contributed by atoms with E-state index in [1.165, 1.54) is 19.9 Å². The van der Waals surface area contributed by atoms with Gasteiger partial charge in [-0.15, -0.1) is 18.3 Å². The van der Waals surface area contributed by atoms with Gasteiger partial charge in [0.05, 0.1) is 20.6 Å². The summed E-state index contributed by atoms with van der Waals surface area (Å²) < 4.78 is 82.4. The van der Waals surface area contributed by atoms with E-state index in [0.29, 0.717) is 0 Å². The monoisotopic (exact) mass is 526 g/mol. The number of nitrogens with zero attached hydrogens (tertiary/aromatic N) is 3. The lowest BCUT2D eigenvalue weighted by Gasteiger charge is -2.13. The van der Waals surface area contributed by atoms with Gasteiger partial charge in [0.15, 0.2) is 5.69 Å². The van der Waals surface area contributed by atoms with Crippen LogP contribution >= 0.6 is 23.2 Å². The van der Waals surface area contributed by atoms with Crippen LogP contribution in [-0.4, -0.2) is 35.7 Å². The molecule has 0 aliphatic heterocycles. The van der Waals surface area contributed by atoms with Gasteiger partial charge in [-0.2, -0.15) is 0 Å². The molecule has 33 heavy (non-hydrogen) atoms. The lowest BCUT2D eigenvalue weighted by molar-refractivity contribution is -0.274. The Morgan fingerprint density at radius 2 is 1.73 bits per heavy atom. The Hall–Kier alpha value is -2.90. The molecule has 0 spiro atoms. The fraction of sp³-hybridized carbons (Fsp3) is 0.167. The molecule has 0 aliphatic carbocycles. The van der Waals surface area contributed by atoms with Crippen LogP contribution in [0.15, 0.2) is 35.2 Å². The van der Waals surface area contributed by atoms with E-state index in [0.717, 1.165) is 28.9 Å². The zero-order chi connectivity index (χ0) is 24.7. The summed E-state index contributed by atoms with van der Waals surface area (Å²) in [5.41, 5.74) is -0.417. The van der Waals surface area contributed by atoms with Crippen LogP contribution in [0.3, 0.4) is 0 Å². The molecular formula is C18H12Cl2F4N4O4S. The first-order valence-corrected chi connectivity index (χ1v) is 10.9. The van der Waals surface area contributed by atoms with Crippen molar-refractivity contribution in [1.82, 2.24) is 19.7 Å². The highest BCUT2D eigenvalue weighted by Crippen LogP contribution is 2.35. The Balaban J connectivity index is 1.94. The Kier molecular flexibility index (Phi) is 6.60. The fourth-order valence-corrected chi connectivity index (χ4v) is 4.61. The smallest absolute Gasteiger partial charge is 0.406 e. The third-order valence-corrected chi connectivity index (χ3v) is 6.26. The lowest BCUT2D eigenvalue weighted by atomic mass is 10.2. The van der Waals surface area contributed by atoms with Crippen molar-refractivity contribution in [3.63, 3.8) is 0 Å². The number of hydrogen-bond acceptors (Lipinski definition) is 6. The number of benzene rings is 2. The van der Waals surface area contributed by atoms with E-state index in [1.807, 2.05) is 0 Å². The third kappa shape index (κ3) is 5.37. The van der Waals surface area contributed by atoms with Gasteiger partial charge in [-0.3, -0.25) is 4.79 Å². The summed E-state index contributed by atoms with van der Waals surface area (Å²) in [5.74, 6) is -2.70. The van der Waals surface area contributed by atoms with E-state index in [-0.39, 0.29) is 27.0 Å². The molecule has 8 nitrogen and oxygen atoms in total. The first-order chi connectivity index (χ1) is 15.2. The summed E-state index contributed by atoms with van der Waals surface area (Å²) in [7, 11) is -4.46. The largest absolute Gasteiger partial charge is 0.573 e. The first kappa shape index (κ1) is 24.7. The Bertz CT molecular complexity index is 1340. The van der Waals surface area contributed by atoms with Crippen LogP contribution in [0.5, 0.6) is 5.75 Å². The van der Waals surface area contributed by atoms with Gasteiger partial charge >= 0.3 is 6.36 Å². The molecule has 1 N–H and O–H groups in total. The van der Waals surface area contributed by atoms with Crippen molar-refractivity contribution < 1.29 is 35.5 Å². The van der Waals surface area contributed by atoms with Gasteiger partial charge in [0.1, 0.15) is 17.3 Å². The molecule has 176 valence electrons. The average Bonchev–Trinajstić information content (AvgIpc) is 3.02. The van der Waals surface area contributed by atoms with Crippen molar-refractivity contribution >= 4 is 39.1 Å². The molecule has 0 radical (unpaired) electrons. The number of aryl methyl sites for hydroxylation is 1. The zero-order valence-electron chi connectivity index (χ0n) is 16.5. The van der Waals surface area contributed by atoms with Crippen LogP contribution in [0, 0.1) is 19.7 Å². The van der Waals surface area contributed by atoms with Crippen molar-refractivity contribution in [2.75, 3.05) is 0 Å². The number of ether oxygens (including phenoxy) is 1. The number of carbonyl (C=O) groups excluding carboxylic acids is 1. The molecule has 1 amide bonds. The number of alkyl halides is 3. The highest BCUT2D eigenvalue weighted by Gasteiger charge is 2.32. The van der Waals surface area contributed by atoms with Gasteiger partial charge in [0.25, 0.3) is 15.9 Å². The molecule has 0 saturated heterocycles. The minimum atomic E-state index is -4.98. The minimum absolute atomic E-state index is 0.0352. The van der Waals surface area contributed by atoms with Crippen molar-refractivity contribution in [3.8, 4) is 11.4 Å². The van der Waals surface area contributed by atoms with E-state index in [2.05, 4.69) is 15.0 Å². The highest BCUT2D eigenvalue weighted by molar-refractivity contribution is 7.90. The molecule has 0 bridgehead atoms. The van der Waals surface area contributed by atoms with Gasteiger partial charge in [0.2, 0.25) is 0 Å². The third-order valence-electron chi connectivity index (χ3n) is 4.21. The molecule has 0 unspecified atom stereocenters. The summed E-state index contributed by atoms with van der Waals surface area (Å²) in [4.78, 5) is 12.1. The van der Waals surface area contributed by atoms with Gasteiger partial charge in [-0.1, -0.05) is 34.5 Å². The number of aromatic nitrogens is 3. The van der Waals surface area contributed by atoms with Crippen LogP contribution in [0.2, 0.25) is 10.0 Å². The number of rotatable bonds is 5. The van der Waals surface area contributed by atoms with E-state index < -0.39 is 44.4 Å². The maximum absolute atomic E-state index is 13.5. The number of carbonyl (C=O) groups is 1. The number of nitrogens with one attached hydrogen (secondary N) is 1. The molecule has 0 fully saturated rings. The normalized spacial score (nSPS) is 12.0. The van der Waals surface area contributed by atoms with Crippen LogP contribution < -0.4 is 9.46 Å². The SMILES string of the molecule is Cc1ccc(F)cc1S(=O)(=O)NC(=O)c1nnn(-c2c(Cl)cc(OC(F)(F)F)cc2Cl)c1C. The molecule has 1 heterocycles. The maximum atomic E-state index is 13.5. The molecule has 1 aromatic heterocycles. The second kappa shape index (κ2) is 8.80. The van der Waals surface area contributed by atoms with E-state index in [1.54, 1.807) is 4.72 Å². The van der Waals surface area contributed by atoms with Crippen molar-refractivity contribution in [1.29, 1.82) is 0 Å². The molecule has 3 rings (SSSR count). The summed E-state index contributed by atoms with van der Waals surface area (Å²) in [6.07, 6.45) is -4.98. The molecule has 0 saturated carbocycles. The molecular weight excluding hydrogens is 515 g/mol. The van der Waals surface area contributed by atoms with Crippen molar-refractivity contribution in [2.45, 2.75) is 25.1 Å². The van der Waals surface area contributed by atoms with Crippen LogP contribution in [0.25, 0.3) is 5.69 Å². The predicted molar refractivity (Wildman–Crippen MR) is 109 cm³/mol. The van der Waals surface area contributed by atoms with Crippen LogP contribution in [0.4, 0.5) is 17.6 Å². The van der Waals surface area contributed by atoms with Crippen molar-refractivity contribution in [2.24, 2.45) is 0 Å². The van der Waals surface area contributed by atoms with Gasteiger partial charge in [-0.05, 0) is 31.5 Å². The zero-order valence-corrected chi connectivity index (χ0v) is 18.9. The fourth-order valence-electron chi connectivity index (χ4n) is 2.78. The summed E-state index contributed by atoms with van der Waals surface area (Å²) >= 11 is 12.1. The maximum Gasteiger partial charge on any atom is 0.573 e. The van der Waals surface area contributed by atoms with Gasteiger partial charge < -0.3 is 4.74 Å². The Labute approximate surface area is 194 Å². The Morgan fingerprint density at radius 3 is 2.30 bits per heavy atom. The van der Waals surface area contributed by atoms with Crippen LogP contribution in [-0.2, 0) is 10.0 Å². The summed E-state index contributed by atoms with van der Waals surface area (Å²) in [6.45, 7) is 2.73. The van der Waals surface area contributed by atoms with E-state index in [4.69, 9.17) is 23.2 Å². The molecule has 3 aromatic rings. The van der Waals surface area contributed by atoms with Crippen molar-refractivity contribution in [3.05, 3.63) is 63.1 Å². The highest BCUT2D eigenvalue weighted by atomic mass is 35.5. The minimum Gasteiger partial charge on any atom is -0.406 e. The standard InChI is InChI=1S/C18H12Cl2F4N4O4S/c1-8-3-4-10(21)5-14(8)33(30,31)26-17(29)15-9(2)28(27-25-15)16-12(19)6-11(7-13(16)20)32-18(22,23)24/h3-7H,1-2H3,(H,26,29). The van der Waals surface area contributed by atoms with E-state index in [9.17, 15) is 30.8 Å². The molecule has 0 atom stereocenters. The van der Waals surface area contributed by atoms with Gasteiger partial charge in [0, 0.05) is 12.1 Å². The molecule has 0 aliphatic rings. The van der Waals surface area contributed by atoms with E-state index >= 15 is 0 Å². The number of amides is 1. The topological polar surface area (TPSA) is 103 Å². The Morgan fingerprint density at radius 1 is 1.12 bits per heavy atom. The average molecular weight is 527 g/mol. The van der Waals surface area contributed by atoms with Gasteiger partial charge in [-0.25, -0.2) is 22.2 Å². The second-order valence-electron chi connectivity index (χ2n) is 6.56. The first-order valence-electron chi connectivity index (χ1n) is 8.70. The van der Waals surface area contributed by atoms with Crippen LogP contribution in [0.1, 0.15) is 21.7 Å². The molecule has 15 heteroatoms.